The van der Waals surface area contributed by atoms with Gasteiger partial charge >= 0.3 is 0 Å². The lowest BCUT2D eigenvalue weighted by atomic mass is 10.1. The first kappa shape index (κ1) is 57.9. The third-order valence-electron chi connectivity index (χ3n) is 17.2. The predicted octanol–water partition coefficient (Wildman–Crippen LogP) is 14.9. The van der Waals surface area contributed by atoms with Crippen LogP contribution in [0.15, 0.2) is 146 Å². The maximum atomic E-state index is 14.6. The van der Waals surface area contributed by atoms with Crippen molar-refractivity contribution in [1.29, 1.82) is 0 Å². The first-order chi connectivity index (χ1) is 41.5. The van der Waals surface area contributed by atoms with Gasteiger partial charge in [0.2, 0.25) is 0 Å². The minimum absolute atomic E-state index is 0.188. The van der Waals surface area contributed by atoms with E-state index in [4.69, 9.17) is 26.9 Å². The Hall–Kier alpha value is -7.49. The minimum Gasteiger partial charge on any atom is -0.372 e. The summed E-state index contributed by atoms with van der Waals surface area (Å²) >= 11 is 6.09. The average molecular weight is 1160 g/mol. The number of halogens is 4. The van der Waals surface area contributed by atoms with E-state index < -0.39 is 0 Å². The topological polar surface area (TPSA) is 69.7 Å². The monoisotopic (exact) mass is 1160 g/mol. The standard InChI is InChI=1S/2C23H25FN4.C19H17ClFN3.C5H10/c2*1-26-15-20-22(16-26)25-28(23(20)19-9-2-3-10-21(19)24)14-17-7-6-8-18(13-17)27-11-4-5-12-27;1-23-11-16-18(12-23)22-24(10-13-5-4-6-14(20)9-13)19(16)15-7-2-3-8-17(15)21;1-2-4-5-3-1/h2*2-3,6-10,13H,4-5,11-12,14-16H2,1H3;2-9H,10-12H2,1H3;1-5H2. The fraction of sp³-hybridized carbons (Fsp3) is 0.357. The van der Waals surface area contributed by atoms with Crippen LogP contribution in [0, 0.1) is 17.5 Å². The summed E-state index contributed by atoms with van der Waals surface area (Å²) in [5.41, 5.74) is 17.2. The van der Waals surface area contributed by atoms with Crippen molar-refractivity contribution in [2.24, 2.45) is 0 Å². The van der Waals surface area contributed by atoms with Gasteiger partial charge in [-0.1, -0.05) is 117 Å². The van der Waals surface area contributed by atoms with Gasteiger partial charge in [-0.2, -0.15) is 15.3 Å². The molecule has 0 unspecified atom stereocenters. The van der Waals surface area contributed by atoms with E-state index >= 15 is 0 Å². The summed E-state index contributed by atoms with van der Waals surface area (Å²) in [5.74, 6) is -0.597. The third kappa shape index (κ3) is 13.3. The zero-order valence-corrected chi connectivity index (χ0v) is 50.1. The molecule has 0 spiro atoms. The van der Waals surface area contributed by atoms with Gasteiger partial charge in [0.25, 0.3) is 0 Å². The van der Waals surface area contributed by atoms with E-state index in [0.717, 1.165) is 122 Å². The summed E-state index contributed by atoms with van der Waals surface area (Å²) < 4.78 is 49.6. The molecule has 5 aliphatic heterocycles. The van der Waals surface area contributed by atoms with Gasteiger partial charge in [0.1, 0.15) is 17.5 Å². The molecule has 9 aromatic rings. The molecule has 0 bridgehead atoms. The Balaban J connectivity index is 0.000000120. The molecule has 3 fully saturated rings. The molecule has 15 rings (SSSR count). The van der Waals surface area contributed by atoms with Crippen LogP contribution in [-0.2, 0) is 58.9 Å². The largest absolute Gasteiger partial charge is 0.372 e. The summed E-state index contributed by atoms with van der Waals surface area (Å²) in [7, 11) is 6.21. The predicted molar refractivity (Wildman–Crippen MR) is 336 cm³/mol. The lowest BCUT2D eigenvalue weighted by Crippen LogP contribution is -2.18. The second kappa shape index (κ2) is 26.4. The molecule has 3 aromatic heterocycles. The minimum atomic E-state index is -0.220. The highest BCUT2D eigenvalue weighted by atomic mass is 35.5. The number of fused-ring (bicyclic) bond motifs is 3. The van der Waals surface area contributed by atoms with Crippen molar-refractivity contribution in [3.8, 4) is 33.8 Å². The van der Waals surface area contributed by atoms with Gasteiger partial charge in [0, 0.05) is 115 Å². The first-order valence-electron chi connectivity index (χ1n) is 30.5. The number of aromatic nitrogens is 6. The Labute approximate surface area is 503 Å². The van der Waals surface area contributed by atoms with Crippen molar-refractivity contribution in [2.45, 2.75) is 117 Å². The van der Waals surface area contributed by atoms with Gasteiger partial charge in [0.05, 0.1) is 53.8 Å². The Kier molecular flexibility index (Phi) is 18.0. The lowest BCUT2D eigenvalue weighted by molar-refractivity contribution is 0.346. The Morgan fingerprint density at radius 3 is 1.01 bits per heavy atom. The maximum Gasteiger partial charge on any atom is 0.132 e. The second-order valence-electron chi connectivity index (χ2n) is 23.9. The smallest absolute Gasteiger partial charge is 0.132 e. The van der Waals surface area contributed by atoms with Crippen molar-refractivity contribution < 1.29 is 13.2 Å². The summed E-state index contributed by atoms with van der Waals surface area (Å²) in [6.45, 7) is 11.2. The summed E-state index contributed by atoms with van der Waals surface area (Å²) in [6, 6.07) is 46.1. The second-order valence-corrected chi connectivity index (χ2v) is 24.3. The van der Waals surface area contributed by atoms with Gasteiger partial charge in [-0.15, -0.1) is 0 Å². The molecule has 440 valence electrons. The van der Waals surface area contributed by atoms with Gasteiger partial charge in [-0.3, -0.25) is 28.7 Å². The van der Waals surface area contributed by atoms with E-state index in [0.29, 0.717) is 41.3 Å². The Morgan fingerprint density at radius 1 is 0.365 bits per heavy atom. The summed E-state index contributed by atoms with van der Waals surface area (Å²) in [5, 5.41) is 15.2. The molecule has 11 nitrogen and oxygen atoms in total. The van der Waals surface area contributed by atoms with Crippen LogP contribution in [0.2, 0.25) is 5.02 Å². The van der Waals surface area contributed by atoms with E-state index in [1.807, 2.05) is 81.8 Å². The van der Waals surface area contributed by atoms with E-state index in [9.17, 15) is 13.2 Å². The molecule has 85 heavy (non-hydrogen) atoms. The highest BCUT2D eigenvalue weighted by Gasteiger charge is 2.31. The van der Waals surface area contributed by atoms with Gasteiger partial charge in [0.15, 0.2) is 0 Å². The molecule has 8 heterocycles. The molecule has 0 N–H and O–H groups in total. The van der Waals surface area contributed by atoms with Crippen molar-refractivity contribution in [1.82, 2.24) is 44.0 Å². The fourth-order valence-electron chi connectivity index (χ4n) is 13.2. The van der Waals surface area contributed by atoms with Crippen LogP contribution in [0.5, 0.6) is 0 Å². The number of hydrogen-bond acceptors (Lipinski definition) is 8. The number of benzene rings is 6. The van der Waals surface area contributed by atoms with Crippen LogP contribution in [0.25, 0.3) is 33.8 Å². The van der Waals surface area contributed by atoms with Gasteiger partial charge in [-0.05, 0) is 136 Å². The number of anilines is 2. The van der Waals surface area contributed by atoms with E-state index in [1.54, 1.807) is 18.2 Å². The van der Waals surface area contributed by atoms with E-state index in [-0.39, 0.29) is 17.5 Å². The highest BCUT2D eigenvalue weighted by molar-refractivity contribution is 6.30. The molecule has 1 aliphatic carbocycles. The van der Waals surface area contributed by atoms with Crippen LogP contribution >= 0.6 is 11.6 Å². The molecule has 1 saturated carbocycles. The lowest BCUT2D eigenvalue weighted by Gasteiger charge is -2.19. The van der Waals surface area contributed by atoms with Crippen LogP contribution in [0.3, 0.4) is 0 Å². The normalized spacial score (nSPS) is 16.4. The molecule has 0 atom stereocenters. The fourth-order valence-corrected chi connectivity index (χ4v) is 13.4. The molecular weight excluding hydrogens is 1090 g/mol. The Morgan fingerprint density at radius 2 is 0.682 bits per heavy atom. The highest BCUT2D eigenvalue weighted by Crippen LogP contribution is 2.38. The Bertz CT molecular complexity index is 3590. The summed E-state index contributed by atoms with van der Waals surface area (Å²) in [6.07, 6.45) is 12.6. The van der Waals surface area contributed by atoms with Crippen molar-refractivity contribution in [3.63, 3.8) is 0 Å². The molecular formula is C70H77ClF3N11. The molecule has 6 aromatic carbocycles. The molecule has 0 amide bonds. The number of hydrogen-bond donors (Lipinski definition) is 0. The molecule has 15 heteroatoms. The zero-order valence-electron chi connectivity index (χ0n) is 49.3. The van der Waals surface area contributed by atoms with Gasteiger partial charge < -0.3 is 9.80 Å². The summed E-state index contributed by atoms with van der Waals surface area (Å²) in [4.78, 5) is 11.5. The molecule has 2 saturated heterocycles. The quantitative estimate of drug-likeness (QED) is 0.127. The average Bonchev–Trinajstić information content (AvgIpc) is 3.30. The SMILES string of the molecule is C1CCCC1.CN1Cc2nn(Cc3cccc(Cl)c3)c(-c3ccccc3F)c2C1.CN1Cc2nn(Cc3cccc(N4CCCC4)c3)c(-c3ccccc3F)c2C1.CN1Cc2nn(Cc3cccc(N4CCCC4)c3)c(-c3ccccc3F)c2C1. The van der Waals surface area contributed by atoms with Crippen LogP contribution in [0.4, 0.5) is 24.5 Å². The third-order valence-corrected chi connectivity index (χ3v) is 17.5. The van der Waals surface area contributed by atoms with Crippen LogP contribution in [-0.4, -0.2) is 91.4 Å². The van der Waals surface area contributed by atoms with Crippen molar-refractivity contribution in [2.75, 3.05) is 57.1 Å². The van der Waals surface area contributed by atoms with E-state index in [1.165, 1.54) is 98.5 Å². The van der Waals surface area contributed by atoms with Crippen LogP contribution < -0.4 is 9.80 Å². The number of rotatable bonds is 11. The van der Waals surface area contributed by atoms with Crippen molar-refractivity contribution >= 4 is 23.0 Å². The number of nitrogens with zero attached hydrogens (tertiary/aromatic N) is 11. The van der Waals surface area contributed by atoms with Crippen molar-refractivity contribution in [3.05, 3.63) is 219 Å². The van der Waals surface area contributed by atoms with Crippen LogP contribution in [0.1, 0.15) is 108 Å². The molecule has 0 radical (unpaired) electrons. The van der Waals surface area contributed by atoms with Gasteiger partial charge in [-0.25, -0.2) is 13.2 Å². The first-order valence-corrected chi connectivity index (χ1v) is 30.9. The maximum absolute atomic E-state index is 14.6. The zero-order chi connectivity index (χ0) is 58.4. The molecule has 6 aliphatic rings. The van der Waals surface area contributed by atoms with E-state index in [2.05, 4.69) is 87.1 Å².